The molecule has 3 heteroatoms. The molecule has 1 rings (SSSR count). The third-order valence-electron chi connectivity index (χ3n) is 1.18. The second-order valence-electron chi connectivity index (χ2n) is 1.75. The molecule has 0 N–H and O–H groups in total. The Kier molecular flexibility index (Phi) is 2.70. The number of rotatable bonds is 0. The second-order valence-corrected chi connectivity index (χ2v) is 3.17. The van der Waals surface area contributed by atoms with Gasteiger partial charge in [-0.05, 0) is 11.6 Å². The number of hydrogen-bond donors (Lipinski definition) is 0. The van der Waals surface area contributed by atoms with Crippen LogP contribution in [0.1, 0.15) is 0 Å². The molecule has 0 aromatic rings. The van der Waals surface area contributed by atoms with E-state index in [-0.39, 0.29) is 0 Å². The van der Waals surface area contributed by atoms with Crippen molar-refractivity contribution in [1.29, 1.82) is 0 Å². The van der Waals surface area contributed by atoms with Crippen molar-refractivity contribution < 1.29 is 4.58 Å². The minimum atomic E-state index is 1.12. The number of nitrogens with zero attached hydrogens (tertiary/aromatic N) is 1. The van der Waals surface area contributed by atoms with Crippen LogP contribution in [0.4, 0.5) is 0 Å². The van der Waals surface area contributed by atoms with Crippen LogP contribution in [0.2, 0.25) is 0 Å². The van der Waals surface area contributed by atoms with E-state index in [0.717, 1.165) is 13.1 Å². The summed E-state index contributed by atoms with van der Waals surface area (Å²) in [7, 11) is 0. The molecular weight excluding hydrogens is 142 g/mol. The van der Waals surface area contributed by atoms with Gasteiger partial charge in [0.25, 0.3) is 0 Å². The highest BCUT2D eigenvalue weighted by atomic mass is 35.5. The molecule has 1 fully saturated rings. The number of halogens is 1. The van der Waals surface area contributed by atoms with E-state index in [9.17, 15) is 0 Å². The first kappa shape index (κ1) is 6.43. The third-order valence-corrected chi connectivity index (χ3v) is 2.40. The normalized spacial score (nSPS) is 20.9. The minimum Gasteiger partial charge on any atom is -0.224 e. The second kappa shape index (κ2) is 3.36. The maximum Gasteiger partial charge on any atom is 0.232 e. The van der Waals surface area contributed by atoms with E-state index in [1.807, 2.05) is 11.8 Å². The molecule has 0 aromatic heterocycles. The molecule has 0 bridgehead atoms. The predicted molar refractivity (Wildman–Crippen MR) is 39.2 cm³/mol. The van der Waals surface area contributed by atoms with E-state index in [1.54, 1.807) is 5.67 Å². The lowest BCUT2D eigenvalue weighted by Crippen LogP contribution is -2.23. The first-order valence-corrected chi connectivity index (χ1v) is 4.28. The summed E-state index contributed by atoms with van der Waals surface area (Å²) in [6, 6.07) is 0. The lowest BCUT2D eigenvalue weighted by atomic mass is 10.6. The molecule has 1 aliphatic rings. The summed E-state index contributed by atoms with van der Waals surface area (Å²) in [5.41, 5.74) is 1.65. The molecule has 1 saturated heterocycles. The van der Waals surface area contributed by atoms with Crippen LogP contribution in [-0.2, 0) is 0 Å². The van der Waals surface area contributed by atoms with Gasteiger partial charge in [-0.2, -0.15) is 0 Å². The summed E-state index contributed by atoms with van der Waals surface area (Å²) < 4.78 is 2.14. The highest BCUT2D eigenvalue weighted by Gasteiger charge is 2.08. The van der Waals surface area contributed by atoms with Crippen molar-refractivity contribution in [2.45, 2.75) is 0 Å². The Hall–Kier alpha value is 0.310. The molecule has 1 heterocycles. The molecule has 0 spiro atoms. The highest BCUT2D eigenvalue weighted by molar-refractivity contribution is 7.99. The van der Waals surface area contributed by atoms with E-state index < -0.39 is 0 Å². The molecule has 0 saturated carbocycles. The Morgan fingerprint density at radius 1 is 1.38 bits per heavy atom. The van der Waals surface area contributed by atoms with Gasteiger partial charge in [-0.3, -0.25) is 0 Å². The van der Waals surface area contributed by atoms with Crippen LogP contribution >= 0.6 is 23.4 Å². The van der Waals surface area contributed by atoms with Crippen molar-refractivity contribution in [2.75, 3.05) is 24.6 Å². The van der Waals surface area contributed by atoms with Gasteiger partial charge in [0.05, 0.1) is 11.5 Å². The Balaban J connectivity index is 2.33. The van der Waals surface area contributed by atoms with Gasteiger partial charge < -0.3 is 0 Å². The highest BCUT2D eigenvalue weighted by Crippen LogP contribution is 2.04. The first-order chi connectivity index (χ1) is 3.93. The maximum atomic E-state index is 5.47. The SMILES string of the molecule is ClC=[N+]1CCSCC1. The molecular formula is C5H9ClNS+. The van der Waals surface area contributed by atoms with Crippen molar-refractivity contribution in [3.63, 3.8) is 0 Å². The van der Waals surface area contributed by atoms with Gasteiger partial charge >= 0.3 is 0 Å². The molecule has 0 aromatic carbocycles. The third kappa shape index (κ3) is 1.67. The maximum absolute atomic E-state index is 5.47. The van der Waals surface area contributed by atoms with Crippen molar-refractivity contribution in [3.05, 3.63) is 0 Å². The fraction of sp³-hybridized carbons (Fsp3) is 0.800. The van der Waals surface area contributed by atoms with E-state index in [4.69, 9.17) is 11.6 Å². The van der Waals surface area contributed by atoms with Crippen molar-refractivity contribution in [3.8, 4) is 0 Å². The fourth-order valence-electron chi connectivity index (χ4n) is 0.675. The Bertz CT molecular complexity index is 94.6. The molecule has 0 amide bonds. The topological polar surface area (TPSA) is 3.01 Å². The quantitative estimate of drug-likeness (QED) is 0.466. The zero-order valence-corrected chi connectivity index (χ0v) is 6.21. The van der Waals surface area contributed by atoms with Crippen molar-refractivity contribution >= 4 is 29.0 Å². The van der Waals surface area contributed by atoms with Gasteiger partial charge in [0.1, 0.15) is 0 Å². The molecule has 0 unspecified atom stereocenters. The summed E-state index contributed by atoms with van der Waals surface area (Å²) in [6.07, 6.45) is 0. The first-order valence-electron chi connectivity index (χ1n) is 2.69. The van der Waals surface area contributed by atoms with Crippen LogP contribution in [0, 0.1) is 0 Å². The van der Waals surface area contributed by atoms with Gasteiger partial charge in [0, 0.05) is 0 Å². The lowest BCUT2D eigenvalue weighted by molar-refractivity contribution is -0.513. The standard InChI is InChI=1S/C5H9ClNS/c6-5-7-1-3-8-4-2-7/h5H,1-4H2/q+1. The summed E-state index contributed by atoms with van der Waals surface area (Å²) in [5.74, 6) is 2.45. The van der Waals surface area contributed by atoms with Gasteiger partial charge in [0.2, 0.25) is 5.67 Å². The van der Waals surface area contributed by atoms with E-state index >= 15 is 0 Å². The van der Waals surface area contributed by atoms with E-state index in [1.165, 1.54) is 11.5 Å². The van der Waals surface area contributed by atoms with Crippen LogP contribution in [0.3, 0.4) is 0 Å². The Labute approximate surface area is 58.7 Å². The number of hydrogen-bond acceptors (Lipinski definition) is 1. The smallest absolute Gasteiger partial charge is 0.224 e. The van der Waals surface area contributed by atoms with Crippen LogP contribution in [-0.4, -0.2) is 34.8 Å². The Morgan fingerprint density at radius 2 is 2.00 bits per heavy atom. The zero-order valence-electron chi connectivity index (χ0n) is 4.64. The van der Waals surface area contributed by atoms with Crippen LogP contribution in [0.15, 0.2) is 0 Å². The zero-order chi connectivity index (χ0) is 5.82. The largest absolute Gasteiger partial charge is 0.232 e. The summed E-state index contributed by atoms with van der Waals surface area (Å²) in [5, 5.41) is 0. The molecule has 0 aliphatic carbocycles. The van der Waals surface area contributed by atoms with Crippen LogP contribution < -0.4 is 0 Å². The monoisotopic (exact) mass is 150 g/mol. The van der Waals surface area contributed by atoms with E-state index in [0.29, 0.717) is 0 Å². The summed E-state index contributed by atoms with van der Waals surface area (Å²) in [6.45, 7) is 2.24. The predicted octanol–water partition coefficient (Wildman–Crippen LogP) is 1.01. The summed E-state index contributed by atoms with van der Waals surface area (Å²) >= 11 is 7.47. The van der Waals surface area contributed by atoms with Gasteiger partial charge in [-0.15, -0.1) is 11.8 Å². The van der Waals surface area contributed by atoms with Gasteiger partial charge in [-0.25, -0.2) is 4.58 Å². The molecule has 8 heavy (non-hydrogen) atoms. The average Bonchev–Trinajstić information content (AvgIpc) is 1.90. The average molecular weight is 151 g/mol. The summed E-state index contributed by atoms with van der Waals surface area (Å²) in [4.78, 5) is 0. The van der Waals surface area contributed by atoms with Crippen LogP contribution in [0.25, 0.3) is 0 Å². The Morgan fingerprint density at radius 3 is 2.38 bits per heavy atom. The molecule has 1 nitrogen and oxygen atoms in total. The number of thioether (sulfide) groups is 1. The van der Waals surface area contributed by atoms with E-state index in [2.05, 4.69) is 4.58 Å². The molecule has 46 valence electrons. The molecule has 1 aliphatic heterocycles. The fourth-order valence-corrected chi connectivity index (χ4v) is 1.80. The van der Waals surface area contributed by atoms with Gasteiger partial charge in [0.15, 0.2) is 13.1 Å². The molecule has 0 atom stereocenters. The minimum absolute atomic E-state index is 1.12. The van der Waals surface area contributed by atoms with Gasteiger partial charge in [-0.1, -0.05) is 0 Å². The lowest BCUT2D eigenvalue weighted by Gasteiger charge is -2.06. The van der Waals surface area contributed by atoms with Crippen molar-refractivity contribution in [2.24, 2.45) is 0 Å². The molecule has 0 radical (unpaired) electrons. The van der Waals surface area contributed by atoms with Crippen molar-refractivity contribution in [1.82, 2.24) is 0 Å². The van der Waals surface area contributed by atoms with Crippen LogP contribution in [0.5, 0.6) is 0 Å².